The van der Waals surface area contributed by atoms with Gasteiger partial charge >= 0.3 is 6.09 Å². The van der Waals surface area contributed by atoms with Crippen LogP contribution < -0.4 is 4.90 Å². The van der Waals surface area contributed by atoms with Crippen LogP contribution in [0, 0.1) is 0 Å². The van der Waals surface area contributed by atoms with Crippen molar-refractivity contribution in [3.63, 3.8) is 0 Å². The fourth-order valence-corrected chi connectivity index (χ4v) is 3.02. The molecule has 0 fully saturated rings. The molecular formula is C18H15Cl2NO2. The highest BCUT2D eigenvalue weighted by atomic mass is 35.5. The fourth-order valence-electron chi connectivity index (χ4n) is 2.71. The van der Waals surface area contributed by atoms with Crippen LogP contribution >= 0.6 is 23.2 Å². The van der Waals surface area contributed by atoms with E-state index in [9.17, 15) is 4.79 Å². The van der Waals surface area contributed by atoms with Crippen molar-refractivity contribution in [2.45, 2.75) is 12.5 Å². The quantitative estimate of drug-likeness (QED) is 0.746. The lowest BCUT2D eigenvalue weighted by atomic mass is 9.98. The number of fused-ring (bicyclic) bond motifs is 1. The van der Waals surface area contributed by atoms with Crippen LogP contribution in [0.1, 0.15) is 11.1 Å². The first kappa shape index (κ1) is 15.9. The second-order valence-electron chi connectivity index (χ2n) is 5.30. The van der Waals surface area contributed by atoms with E-state index in [0.29, 0.717) is 16.5 Å². The number of hydrogen-bond donors (Lipinski definition) is 0. The topological polar surface area (TPSA) is 29.5 Å². The van der Waals surface area contributed by atoms with Gasteiger partial charge in [0.25, 0.3) is 0 Å². The summed E-state index contributed by atoms with van der Waals surface area (Å²) in [6.45, 7) is 0. The van der Waals surface area contributed by atoms with Crippen molar-refractivity contribution < 1.29 is 9.53 Å². The van der Waals surface area contributed by atoms with E-state index >= 15 is 0 Å². The van der Waals surface area contributed by atoms with E-state index in [1.165, 1.54) is 7.11 Å². The predicted molar refractivity (Wildman–Crippen MR) is 94.3 cm³/mol. The summed E-state index contributed by atoms with van der Waals surface area (Å²) in [5, 5.41) is 1.33. The number of carbonyl (C=O) groups excluding carboxylic acids is 1. The molecule has 1 atom stereocenters. The molecular weight excluding hydrogens is 333 g/mol. The minimum Gasteiger partial charge on any atom is -0.452 e. The highest BCUT2D eigenvalue weighted by Crippen LogP contribution is 2.33. The van der Waals surface area contributed by atoms with Crippen molar-refractivity contribution in [1.29, 1.82) is 0 Å². The van der Waals surface area contributed by atoms with Crippen LogP contribution in [0.4, 0.5) is 10.5 Å². The molecule has 1 amide bonds. The van der Waals surface area contributed by atoms with E-state index in [1.54, 1.807) is 11.0 Å². The lowest BCUT2D eigenvalue weighted by molar-refractivity contribution is 0.177. The number of halogens is 2. The molecule has 0 spiro atoms. The zero-order valence-electron chi connectivity index (χ0n) is 12.5. The van der Waals surface area contributed by atoms with Crippen LogP contribution in [0.25, 0.3) is 6.08 Å². The third-order valence-corrected chi connectivity index (χ3v) is 4.30. The first-order chi connectivity index (χ1) is 11.1. The molecule has 2 aromatic rings. The van der Waals surface area contributed by atoms with Crippen LogP contribution in [0.3, 0.4) is 0 Å². The van der Waals surface area contributed by atoms with Gasteiger partial charge in [0.15, 0.2) is 0 Å². The Bertz CT molecular complexity index is 756. The van der Waals surface area contributed by atoms with Gasteiger partial charge in [-0.05, 0) is 47.9 Å². The summed E-state index contributed by atoms with van der Waals surface area (Å²) in [7, 11) is 1.38. The fraction of sp³-hybridized carbons (Fsp3) is 0.167. The second kappa shape index (κ2) is 6.65. The average molecular weight is 348 g/mol. The maximum absolute atomic E-state index is 12.3. The first-order valence-corrected chi connectivity index (χ1v) is 7.93. The molecule has 0 saturated carbocycles. The largest absolute Gasteiger partial charge is 0.452 e. The molecule has 0 aliphatic carbocycles. The van der Waals surface area contributed by atoms with Gasteiger partial charge in [-0.3, -0.25) is 4.90 Å². The zero-order chi connectivity index (χ0) is 16.4. The van der Waals surface area contributed by atoms with Gasteiger partial charge in [-0.2, -0.15) is 0 Å². The summed E-state index contributed by atoms with van der Waals surface area (Å²) in [5.41, 5.74) is 2.79. The molecule has 23 heavy (non-hydrogen) atoms. The summed E-state index contributed by atoms with van der Waals surface area (Å²) in [5.74, 6) is 0. The van der Waals surface area contributed by atoms with Gasteiger partial charge in [0.05, 0.1) is 18.8 Å². The van der Waals surface area contributed by atoms with Gasteiger partial charge in [-0.1, -0.05) is 47.5 Å². The SMILES string of the molecule is COC(=O)N1c2ccc(Cl)cc2C=CC1Cc1ccc(Cl)cc1. The third-order valence-electron chi connectivity index (χ3n) is 3.81. The average Bonchev–Trinajstić information content (AvgIpc) is 2.56. The molecule has 5 heteroatoms. The van der Waals surface area contributed by atoms with Gasteiger partial charge in [-0.25, -0.2) is 4.79 Å². The predicted octanol–water partition coefficient (Wildman–Crippen LogP) is 5.20. The lowest BCUT2D eigenvalue weighted by Gasteiger charge is -2.33. The maximum atomic E-state index is 12.3. The van der Waals surface area contributed by atoms with Crippen molar-refractivity contribution in [3.05, 3.63) is 69.7 Å². The lowest BCUT2D eigenvalue weighted by Crippen LogP contribution is -2.42. The zero-order valence-corrected chi connectivity index (χ0v) is 14.0. The van der Waals surface area contributed by atoms with Crippen LogP contribution in [0.15, 0.2) is 48.5 Å². The Morgan fingerprint density at radius 2 is 1.83 bits per heavy atom. The van der Waals surface area contributed by atoms with Gasteiger partial charge < -0.3 is 4.74 Å². The van der Waals surface area contributed by atoms with Crippen LogP contribution in [0.5, 0.6) is 0 Å². The van der Waals surface area contributed by atoms with Crippen molar-refractivity contribution >= 4 is 41.1 Å². The highest BCUT2D eigenvalue weighted by molar-refractivity contribution is 6.31. The molecule has 1 heterocycles. The summed E-state index contributed by atoms with van der Waals surface area (Å²) in [6.07, 6.45) is 4.26. The van der Waals surface area contributed by atoms with Gasteiger partial charge in [0, 0.05) is 10.0 Å². The highest BCUT2D eigenvalue weighted by Gasteiger charge is 2.29. The smallest absolute Gasteiger partial charge is 0.414 e. The Labute approximate surface area is 145 Å². The number of nitrogens with zero attached hydrogens (tertiary/aromatic N) is 1. The number of rotatable bonds is 2. The van der Waals surface area contributed by atoms with Crippen molar-refractivity contribution in [1.82, 2.24) is 0 Å². The monoisotopic (exact) mass is 347 g/mol. The van der Waals surface area contributed by atoms with E-state index in [0.717, 1.165) is 16.8 Å². The number of hydrogen-bond acceptors (Lipinski definition) is 2. The molecule has 3 nitrogen and oxygen atoms in total. The molecule has 118 valence electrons. The van der Waals surface area contributed by atoms with Crippen molar-refractivity contribution in [2.75, 3.05) is 12.0 Å². The first-order valence-electron chi connectivity index (χ1n) is 7.18. The Kier molecular flexibility index (Phi) is 4.60. The molecule has 0 N–H and O–H groups in total. The van der Waals surface area contributed by atoms with Crippen molar-refractivity contribution in [2.24, 2.45) is 0 Å². The van der Waals surface area contributed by atoms with Crippen LogP contribution in [-0.2, 0) is 11.2 Å². The molecule has 3 rings (SSSR count). The number of anilines is 1. The van der Waals surface area contributed by atoms with E-state index < -0.39 is 6.09 Å². The summed E-state index contributed by atoms with van der Waals surface area (Å²) in [6, 6.07) is 12.9. The molecule has 0 radical (unpaired) electrons. The number of ether oxygens (including phenoxy) is 1. The third kappa shape index (κ3) is 3.36. The molecule has 0 saturated heterocycles. The molecule has 1 aliphatic rings. The van der Waals surface area contributed by atoms with Gasteiger partial charge in [0.1, 0.15) is 0 Å². The Hall–Kier alpha value is -1.97. The van der Waals surface area contributed by atoms with E-state index in [1.807, 2.05) is 48.6 Å². The van der Waals surface area contributed by atoms with Crippen molar-refractivity contribution in [3.8, 4) is 0 Å². The second-order valence-corrected chi connectivity index (χ2v) is 6.17. The van der Waals surface area contributed by atoms with E-state index in [2.05, 4.69) is 0 Å². The molecule has 1 aliphatic heterocycles. The summed E-state index contributed by atoms with van der Waals surface area (Å²) < 4.78 is 4.96. The molecule has 0 aromatic heterocycles. The number of amides is 1. The van der Waals surface area contributed by atoms with E-state index in [-0.39, 0.29) is 6.04 Å². The van der Waals surface area contributed by atoms with Crippen LogP contribution in [-0.4, -0.2) is 19.2 Å². The standard InChI is InChI=1S/C18H15Cl2NO2/c1-23-18(22)21-16(10-12-2-5-14(19)6-3-12)8-4-13-11-15(20)7-9-17(13)21/h2-9,11,16H,10H2,1H3. The minimum absolute atomic E-state index is 0.127. The van der Waals surface area contributed by atoms with Crippen LogP contribution in [0.2, 0.25) is 10.0 Å². The minimum atomic E-state index is -0.392. The molecule has 0 bridgehead atoms. The Balaban J connectivity index is 1.95. The normalized spacial score (nSPS) is 16.1. The summed E-state index contributed by atoms with van der Waals surface area (Å²) >= 11 is 12.0. The summed E-state index contributed by atoms with van der Waals surface area (Å²) in [4.78, 5) is 13.9. The Morgan fingerprint density at radius 1 is 1.13 bits per heavy atom. The van der Waals surface area contributed by atoms with E-state index in [4.69, 9.17) is 27.9 Å². The Morgan fingerprint density at radius 3 is 2.52 bits per heavy atom. The van der Waals surface area contributed by atoms with Gasteiger partial charge in [0.2, 0.25) is 0 Å². The van der Waals surface area contributed by atoms with Gasteiger partial charge in [-0.15, -0.1) is 0 Å². The molecule has 1 unspecified atom stereocenters. The molecule has 2 aromatic carbocycles. The number of benzene rings is 2. The maximum Gasteiger partial charge on any atom is 0.414 e. The number of carbonyl (C=O) groups is 1. The number of methoxy groups -OCH3 is 1.